The summed E-state index contributed by atoms with van der Waals surface area (Å²) < 4.78 is 0. The number of carbonyl (C=O) groups is 1. The molecule has 0 aromatic rings. The molecule has 0 aliphatic rings. The molecule has 1 unspecified atom stereocenters. The van der Waals surface area contributed by atoms with Crippen LogP contribution in [0.1, 0.15) is 71.6 Å². The van der Waals surface area contributed by atoms with Crippen LogP contribution in [-0.4, -0.2) is 12.3 Å². The summed E-state index contributed by atoms with van der Waals surface area (Å²) in [7, 11) is 0. The highest BCUT2D eigenvalue weighted by atomic mass is 16.1. The second-order valence-electron chi connectivity index (χ2n) is 4.77. The second kappa shape index (κ2) is 11.1. The second-order valence-corrected chi connectivity index (χ2v) is 4.77. The van der Waals surface area contributed by atoms with Crippen molar-refractivity contribution in [1.82, 2.24) is 0 Å². The van der Waals surface area contributed by atoms with Gasteiger partial charge in [-0.25, -0.2) is 0 Å². The van der Waals surface area contributed by atoms with Gasteiger partial charge in [-0.3, -0.25) is 4.79 Å². The quantitative estimate of drug-likeness (QED) is 0.547. The average molecular weight is 227 g/mol. The van der Waals surface area contributed by atoms with Gasteiger partial charge in [0.25, 0.3) is 0 Å². The minimum Gasteiger partial charge on any atom is -0.330 e. The first-order valence-electron chi connectivity index (χ1n) is 6.96. The summed E-state index contributed by atoms with van der Waals surface area (Å²) >= 11 is 0. The highest BCUT2D eigenvalue weighted by Gasteiger charge is 2.09. The van der Waals surface area contributed by atoms with Crippen molar-refractivity contribution in [3.05, 3.63) is 0 Å². The molecule has 0 fully saturated rings. The van der Waals surface area contributed by atoms with Crippen LogP contribution in [0.5, 0.6) is 0 Å². The molecule has 0 radical (unpaired) electrons. The molecule has 2 nitrogen and oxygen atoms in total. The third-order valence-electron chi connectivity index (χ3n) is 3.16. The first kappa shape index (κ1) is 15.6. The van der Waals surface area contributed by atoms with E-state index in [0.29, 0.717) is 11.7 Å². The maximum absolute atomic E-state index is 11.6. The lowest BCUT2D eigenvalue weighted by Gasteiger charge is -2.14. The lowest BCUT2D eigenvalue weighted by atomic mass is 9.92. The third-order valence-corrected chi connectivity index (χ3v) is 3.16. The zero-order valence-electron chi connectivity index (χ0n) is 11.1. The van der Waals surface area contributed by atoms with Crippen LogP contribution in [0, 0.1) is 5.92 Å². The Kier molecular flexibility index (Phi) is 10.9. The van der Waals surface area contributed by atoms with E-state index in [4.69, 9.17) is 5.73 Å². The van der Waals surface area contributed by atoms with Crippen molar-refractivity contribution in [2.45, 2.75) is 71.6 Å². The van der Waals surface area contributed by atoms with Crippen LogP contribution in [0.15, 0.2) is 0 Å². The van der Waals surface area contributed by atoms with Crippen LogP contribution in [0.25, 0.3) is 0 Å². The van der Waals surface area contributed by atoms with Crippen molar-refractivity contribution in [3.63, 3.8) is 0 Å². The summed E-state index contributed by atoms with van der Waals surface area (Å²) in [5, 5.41) is 0. The van der Waals surface area contributed by atoms with Gasteiger partial charge in [0.05, 0.1) is 0 Å². The Morgan fingerprint density at radius 3 is 2.31 bits per heavy atom. The van der Waals surface area contributed by atoms with Gasteiger partial charge in [0.15, 0.2) is 0 Å². The minimum absolute atomic E-state index is 0.451. The summed E-state index contributed by atoms with van der Waals surface area (Å²) in [5.41, 5.74) is 5.58. The van der Waals surface area contributed by atoms with Crippen LogP contribution in [0.3, 0.4) is 0 Å². The zero-order chi connectivity index (χ0) is 12.2. The molecule has 0 aromatic carbocycles. The number of carbonyl (C=O) groups excluding carboxylic acids is 1. The van der Waals surface area contributed by atoms with Crippen LogP contribution < -0.4 is 5.73 Å². The molecule has 0 heterocycles. The number of nitrogens with two attached hydrogens (primary N) is 1. The summed E-state index contributed by atoms with van der Waals surface area (Å²) in [6.45, 7) is 5.13. The molecule has 0 aliphatic carbocycles. The molecule has 0 aliphatic heterocycles. The SMILES string of the molecule is CCCCCC(=O)CCC(CCC)CCN. The first-order valence-corrected chi connectivity index (χ1v) is 6.96. The van der Waals surface area contributed by atoms with Crippen LogP contribution in [-0.2, 0) is 4.79 Å². The number of hydrogen-bond acceptors (Lipinski definition) is 2. The van der Waals surface area contributed by atoms with Crippen LogP contribution in [0.2, 0.25) is 0 Å². The first-order chi connectivity index (χ1) is 7.74. The van der Waals surface area contributed by atoms with Crippen molar-refractivity contribution in [1.29, 1.82) is 0 Å². The molecule has 0 saturated carbocycles. The standard InChI is InChI=1S/C14H29NO/c1-3-5-6-8-14(16)10-9-13(7-4-2)11-12-15/h13H,3-12,15H2,1-2H3. The Hall–Kier alpha value is -0.370. The van der Waals surface area contributed by atoms with Gasteiger partial charge in [-0.15, -0.1) is 0 Å². The summed E-state index contributed by atoms with van der Waals surface area (Å²) in [4.78, 5) is 11.6. The number of Topliss-reactive ketones (excluding diaryl/α,β-unsaturated/α-hetero) is 1. The van der Waals surface area contributed by atoms with E-state index in [1.165, 1.54) is 25.7 Å². The van der Waals surface area contributed by atoms with Crippen molar-refractivity contribution in [2.24, 2.45) is 11.7 Å². The minimum atomic E-state index is 0.451. The summed E-state index contributed by atoms with van der Waals surface area (Å²) in [6, 6.07) is 0. The molecule has 2 heteroatoms. The van der Waals surface area contributed by atoms with Gasteiger partial charge >= 0.3 is 0 Å². The van der Waals surface area contributed by atoms with E-state index in [2.05, 4.69) is 13.8 Å². The van der Waals surface area contributed by atoms with Crippen molar-refractivity contribution < 1.29 is 4.79 Å². The van der Waals surface area contributed by atoms with Gasteiger partial charge in [0, 0.05) is 12.8 Å². The van der Waals surface area contributed by atoms with E-state index in [1.54, 1.807) is 0 Å². The smallest absolute Gasteiger partial charge is 0.132 e. The van der Waals surface area contributed by atoms with Gasteiger partial charge in [0.2, 0.25) is 0 Å². The Morgan fingerprint density at radius 2 is 1.75 bits per heavy atom. The van der Waals surface area contributed by atoms with Crippen molar-refractivity contribution >= 4 is 5.78 Å². The zero-order valence-corrected chi connectivity index (χ0v) is 11.1. The number of rotatable bonds is 11. The molecule has 0 spiro atoms. The topological polar surface area (TPSA) is 43.1 Å². The maximum atomic E-state index is 11.6. The van der Waals surface area contributed by atoms with Gasteiger partial charge in [-0.1, -0.05) is 39.5 Å². The average Bonchev–Trinajstić information content (AvgIpc) is 2.27. The molecule has 0 aromatic heterocycles. The molecule has 0 bridgehead atoms. The number of unbranched alkanes of at least 4 members (excludes halogenated alkanes) is 2. The van der Waals surface area contributed by atoms with Gasteiger partial charge < -0.3 is 5.73 Å². The Labute approximate surface area is 101 Å². The number of hydrogen-bond donors (Lipinski definition) is 1. The lowest BCUT2D eigenvalue weighted by molar-refractivity contribution is -0.119. The van der Waals surface area contributed by atoms with E-state index < -0.39 is 0 Å². The van der Waals surface area contributed by atoms with E-state index in [1.807, 2.05) is 0 Å². The molecule has 1 atom stereocenters. The molecular formula is C14H29NO. The van der Waals surface area contributed by atoms with Crippen LogP contribution >= 0.6 is 0 Å². The highest BCUT2D eigenvalue weighted by Crippen LogP contribution is 2.18. The van der Waals surface area contributed by atoms with Gasteiger partial charge in [-0.2, -0.15) is 0 Å². The lowest BCUT2D eigenvalue weighted by Crippen LogP contribution is -2.10. The monoisotopic (exact) mass is 227 g/mol. The molecule has 2 N–H and O–H groups in total. The Balaban J connectivity index is 3.60. The van der Waals surface area contributed by atoms with E-state index in [-0.39, 0.29) is 0 Å². The predicted molar refractivity (Wildman–Crippen MR) is 70.5 cm³/mol. The Morgan fingerprint density at radius 1 is 1.00 bits per heavy atom. The van der Waals surface area contributed by atoms with E-state index in [9.17, 15) is 4.79 Å². The molecule has 0 rings (SSSR count). The molecule has 0 amide bonds. The van der Waals surface area contributed by atoms with E-state index >= 15 is 0 Å². The normalized spacial score (nSPS) is 12.7. The fraction of sp³-hybridized carbons (Fsp3) is 0.929. The van der Waals surface area contributed by atoms with E-state index in [0.717, 1.165) is 38.6 Å². The fourth-order valence-corrected chi connectivity index (χ4v) is 2.14. The van der Waals surface area contributed by atoms with Crippen LogP contribution in [0.4, 0.5) is 0 Å². The maximum Gasteiger partial charge on any atom is 0.132 e. The molecule has 0 saturated heterocycles. The summed E-state index contributed by atoms with van der Waals surface area (Å²) in [5.74, 6) is 1.12. The Bertz CT molecular complexity index is 162. The summed E-state index contributed by atoms with van der Waals surface area (Å²) in [6.07, 6.45) is 9.57. The third kappa shape index (κ3) is 8.90. The molecule has 16 heavy (non-hydrogen) atoms. The number of ketones is 1. The molecule has 96 valence electrons. The fourth-order valence-electron chi connectivity index (χ4n) is 2.14. The predicted octanol–water partition coefficient (Wildman–Crippen LogP) is 3.68. The van der Waals surface area contributed by atoms with Crippen molar-refractivity contribution in [2.75, 3.05) is 6.54 Å². The van der Waals surface area contributed by atoms with Gasteiger partial charge in [-0.05, 0) is 31.7 Å². The largest absolute Gasteiger partial charge is 0.330 e. The van der Waals surface area contributed by atoms with Gasteiger partial charge in [0.1, 0.15) is 5.78 Å². The highest BCUT2D eigenvalue weighted by molar-refractivity contribution is 5.78. The molecular weight excluding hydrogens is 198 g/mol. The van der Waals surface area contributed by atoms with Crippen molar-refractivity contribution in [3.8, 4) is 0 Å².